The van der Waals surface area contributed by atoms with Gasteiger partial charge in [0.1, 0.15) is 5.75 Å². The van der Waals surface area contributed by atoms with Crippen LogP contribution in [0.25, 0.3) is 0 Å². The number of rotatable bonds is 6. The molecule has 0 aliphatic rings. The second-order valence-electron chi connectivity index (χ2n) is 4.41. The molecule has 1 aromatic rings. The summed E-state index contributed by atoms with van der Waals surface area (Å²) in [7, 11) is 1.60. The number of carbonyl (C=O) groups excluding carboxylic acids is 2. The monoisotopic (exact) mass is 280 g/mol. The smallest absolute Gasteiger partial charge is 0.309 e. The van der Waals surface area contributed by atoms with E-state index in [0.717, 1.165) is 11.3 Å². The molecular weight excluding hydrogens is 260 g/mol. The molecule has 1 atom stereocenters. The summed E-state index contributed by atoms with van der Waals surface area (Å²) in [5.41, 5.74) is 1.04. The molecule has 1 unspecified atom stereocenters. The predicted molar refractivity (Wildman–Crippen MR) is 74.4 cm³/mol. The summed E-state index contributed by atoms with van der Waals surface area (Å²) >= 11 is 0. The Balaban J connectivity index is 2.28. The predicted octanol–water partition coefficient (Wildman–Crippen LogP) is -0.149. The van der Waals surface area contributed by atoms with E-state index in [2.05, 4.69) is 10.6 Å². The first kappa shape index (κ1) is 16.0. The van der Waals surface area contributed by atoms with Crippen molar-refractivity contribution in [3.63, 3.8) is 0 Å². The Morgan fingerprint density at radius 1 is 1.20 bits per heavy atom. The first-order chi connectivity index (χ1) is 9.52. The molecule has 3 N–H and O–H groups in total. The summed E-state index contributed by atoms with van der Waals surface area (Å²) in [6, 6.07) is 7.48. The van der Waals surface area contributed by atoms with Crippen LogP contribution in [0.1, 0.15) is 12.5 Å². The average Bonchev–Trinajstić information content (AvgIpc) is 2.45. The number of ether oxygens (including phenoxy) is 1. The molecule has 2 amide bonds. The first-order valence-corrected chi connectivity index (χ1v) is 6.40. The summed E-state index contributed by atoms with van der Waals surface area (Å²) < 4.78 is 5.05. The van der Waals surface area contributed by atoms with Crippen molar-refractivity contribution in [2.24, 2.45) is 0 Å². The number of amides is 2. The van der Waals surface area contributed by atoms with Crippen LogP contribution in [0.15, 0.2) is 24.3 Å². The minimum atomic E-state index is -0.736. The van der Waals surface area contributed by atoms with Gasteiger partial charge in [0.15, 0.2) is 0 Å². The van der Waals surface area contributed by atoms with Gasteiger partial charge in [-0.2, -0.15) is 0 Å². The summed E-state index contributed by atoms with van der Waals surface area (Å²) in [5, 5.41) is 13.8. The van der Waals surface area contributed by atoms with E-state index in [4.69, 9.17) is 9.84 Å². The van der Waals surface area contributed by atoms with E-state index in [0.29, 0.717) is 13.0 Å². The first-order valence-electron chi connectivity index (χ1n) is 6.40. The van der Waals surface area contributed by atoms with Crippen molar-refractivity contribution >= 4 is 11.8 Å². The standard InChI is InChI=1S/C14H20N2O4/c1-10(17)9-16-14(19)13(18)15-8-7-11-3-5-12(20-2)6-4-11/h3-6,10,17H,7-9H2,1-2H3,(H,15,18)(H,16,19). The quantitative estimate of drug-likeness (QED) is 0.632. The van der Waals surface area contributed by atoms with E-state index in [1.165, 1.54) is 6.92 Å². The van der Waals surface area contributed by atoms with Crippen LogP contribution in [0.3, 0.4) is 0 Å². The van der Waals surface area contributed by atoms with E-state index in [1.807, 2.05) is 24.3 Å². The molecule has 110 valence electrons. The molecule has 1 rings (SSSR count). The summed E-state index contributed by atoms with van der Waals surface area (Å²) in [5.74, 6) is -0.657. The highest BCUT2D eigenvalue weighted by molar-refractivity contribution is 6.35. The third-order valence-corrected chi connectivity index (χ3v) is 2.62. The maximum atomic E-state index is 11.4. The van der Waals surface area contributed by atoms with Crippen LogP contribution in [0.2, 0.25) is 0 Å². The van der Waals surface area contributed by atoms with Gasteiger partial charge in [0.25, 0.3) is 0 Å². The zero-order valence-corrected chi connectivity index (χ0v) is 11.7. The maximum absolute atomic E-state index is 11.4. The third-order valence-electron chi connectivity index (χ3n) is 2.62. The number of hydrogen-bond donors (Lipinski definition) is 3. The van der Waals surface area contributed by atoms with Gasteiger partial charge in [0, 0.05) is 13.1 Å². The lowest BCUT2D eigenvalue weighted by atomic mass is 10.1. The molecule has 0 fully saturated rings. The average molecular weight is 280 g/mol. The van der Waals surface area contributed by atoms with Gasteiger partial charge in [-0.3, -0.25) is 9.59 Å². The number of aliphatic hydroxyl groups is 1. The van der Waals surface area contributed by atoms with E-state index >= 15 is 0 Å². The van der Waals surface area contributed by atoms with Crippen molar-refractivity contribution in [2.75, 3.05) is 20.2 Å². The molecule has 0 radical (unpaired) electrons. The van der Waals surface area contributed by atoms with Crippen molar-refractivity contribution in [1.82, 2.24) is 10.6 Å². The van der Waals surface area contributed by atoms with Crippen molar-refractivity contribution < 1.29 is 19.4 Å². The highest BCUT2D eigenvalue weighted by Gasteiger charge is 2.12. The minimum absolute atomic E-state index is 0.0603. The number of methoxy groups -OCH3 is 1. The molecule has 0 spiro atoms. The Kier molecular flexibility index (Phi) is 6.52. The Labute approximate surface area is 118 Å². The fourth-order valence-electron chi connectivity index (χ4n) is 1.51. The highest BCUT2D eigenvalue weighted by atomic mass is 16.5. The van der Waals surface area contributed by atoms with Gasteiger partial charge in [-0.05, 0) is 31.0 Å². The number of nitrogens with one attached hydrogen (secondary N) is 2. The Morgan fingerprint density at radius 3 is 2.35 bits per heavy atom. The van der Waals surface area contributed by atoms with Crippen LogP contribution in [0, 0.1) is 0 Å². The van der Waals surface area contributed by atoms with E-state index in [9.17, 15) is 9.59 Å². The Bertz CT molecular complexity index is 443. The van der Waals surface area contributed by atoms with E-state index < -0.39 is 17.9 Å². The molecule has 6 nitrogen and oxygen atoms in total. The highest BCUT2D eigenvalue weighted by Crippen LogP contribution is 2.11. The Hall–Kier alpha value is -2.08. The largest absolute Gasteiger partial charge is 0.497 e. The number of hydrogen-bond acceptors (Lipinski definition) is 4. The van der Waals surface area contributed by atoms with Crippen molar-refractivity contribution in [3.05, 3.63) is 29.8 Å². The van der Waals surface area contributed by atoms with Crippen LogP contribution < -0.4 is 15.4 Å². The van der Waals surface area contributed by atoms with Gasteiger partial charge >= 0.3 is 11.8 Å². The molecule has 0 aliphatic carbocycles. The van der Waals surface area contributed by atoms with Gasteiger partial charge in [-0.1, -0.05) is 12.1 Å². The molecule has 0 saturated carbocycles. The normalized spacial score (nSPS) is 11.6. The van der Waals surface area contributed by atoms with Crippen LogP contribution in [0.4, 0.5) is 0 Å². The fourth-order valence-corrected chi connectivity index (χ4v) is 1.51. The van der Waals surface area contributed by atoms with Crippen LogP contribution in [-0.4, -0.2) is 43.2 Å². The number of carbonyl (C=O) groups is 2. The summed E-state index contributed by atoms with van der Waals surface area (Å²) in [6.07, 6.45) is -0.0505. The van der Waals surface area contributed by atoms with Gasteiger partial charge in [0.05, 0.1) is 13.2 Å². The summed E-state index contributed by atoms with van der Waals surface area (Å²) in [4.78, 5) is 22.7. The zero-order chi connectivity index (χ0) is 15.0. The van der Waals surface area contributed by atoms with Crippen molar-refractivity contribution in [2.45, 2.75) is 19.4 Å². The topological polar surface area (TPSA) is 87.7 Å². The second kappa shape index (κ2) is 8.16. The Morgan fingerprint density at radius 2 is 1.80 bits per heavy atom. The molecule has 1 aromatic carbocycles. The van der Waals surface area contributed by atoms with Crippen molar-refractivity contribution in [1.29, 1.82) is 0 Å². The van der Waals surface area contributed by atoms with Gasteiger partial charge in [0.2, 0.25) is 0 Å². The van der Waals surface area contributed by atoms with Crippen LogP contribution >= 0.6 is 0 Å². The molecule has 20 heavy (non-hydrogen) atoms. The van der Waals surface area contributed by atoms with Crippen molar-refractivity contribution in [3.8, 4) is 5.75 Å². The lowest BCUT2D eigenvalue weighted by Gasteiger charge is -2.08. The minimum Gasteiger partial charge on any atom is -0.497 e. The van der Waals surface area contributed by atoms with E-state index in [-0.39, 0.29) is 6.54 Å². The maximum Gasteiger partial charge on any atom is 0.309 e. The fraction of sp³-hybridized carbons (Fsp3) is 0.429. The SMILES string of the molecule is COc1ccc(CCNC(=O)C(=O)NCC(C)O)cc1. The van der Waals surface area contributed by atoms with Crippen LogP contribution in [-0.2, 0) is 16.0 Å². The second-order valence-corrected chi connectivity index (χ2v) is 4.41. The lowest BCUT2D eigenvalue weighted by molar-refractivity contribution is -0.139. The molecule has 0 bridgehead atoms. The lowest BCUT2D eigenvalue weighted by Crippen LogP contribution is -2.42. The molecule has 0 aliphatic heterocycles. The number of aliphatic hydroxyl groups excluding tert-OH is 1. The van der Waals surface area contributed by atoms with Crippen LogP contribution in [0.5, 0.6) is 5.75 Å². The summed E-state index contributed by atoms with van der Waals surface area (Å²) in [6.45, 7) is 1.96. The molecule has 6 heteroatoms. The molecule has 0 saturated heterocycles. The number of benzene rings is 1. The van der Waals surface area contributed by atoms with Gasteiger partial charge < -0.3 is 20.5 Å². The zero-order valence-electron chi connectivity index (χ0n) is 11.7. The molecule has 0 heterocycles. The van der Waals surface area contributed by atoms with Gasteiger partial charge in [-0.15, -0.1) is 0 Å². The third kappa shape index (κ3) is 5.71. The molecular formula is C14H20N2O4. The van der Waals surface area contributed by atoms with Gasteiger partial charge in [-0.25, -0.2) is 0 Å². The molecule has 0 aromatic heterocycles. The van der Waals surface area contributed by atoms with E-state index in [1.54, 1.807) is 7.11 Å².